The summed E-state index contributed by atoms with van der Waals surface area (Å²) < 4.78 is 3.23. The first-order valence-corrected chi connectivity index (χ1v) is 10.9. The Bertz CT molecular complexity index is 917. The van der Waals surface area contributed by atoms with Gasteiger partial charge in [-0.1, -0.05) is 60.7 Å². The molecule has 4 nitrogen and oxygen atoms in total. The minimum Gasteiger partial charge on any atom is -0.342 e. The van der Waals surface area contributed by atoms with Crippen molar-refractivity contribution in [2.45, 2.75) is 58.5 Å². The van der Waals surface area contributed by atoms with Gasteiger partial charge in [0.05, 0.1) is 17.1 Å². The van der Waals surface area contributed by atoms with Crippen molar-refractivity contribution in [3.05, 3.63) is 64.4 Å². The summed E-state index contributed by atoms with van der Waals surface area (Å²) in [5.41, 5.74) is 2.77. The number of para-hydroxylation sites is 2. The van der Waals surface area contributed by atoms with E-state index in [-0.39, 0.29) is 11.9 Å². The number of amides is 1. The summed E-state index contributed by atoms with van der Waals surface area (Å²) in [6.07, 6.45) is 6.16. The van der Waals surface area contributed by atoms with E-state index in [4.69, 9.17) is 4.98 Å². The number of aryl methyl sites for hydroxylation is 1. The molecule has 28 heavy (non-hydrogen) atoms. The lowest BCUT2D eigenvalue weighted by molar-refractivity contribution is 0.0937. The van der Waals surface area contributed by atoms with Crippen LogP contribution in [0.1, 0.15) is 68.2 Å². The molecule has 3 rings (SSSR count). The van der Waals surface area contributed by atoms with E-state index >= 15 is 0 Å². The molecule has 0 aliphatic heterocycles. The van der Waals surface area contributed by atoms with Crippen LogP contribution < -0.4 is 5.32 Å². The Hall–Kier alpha value is -2.14. The van der Waals surface area contributed by atoms with Crippen LogP contribution in [0, 0.1) is 0 Å². The number of hydrogen-bond donors (Lipinski definition) is 1. The molecular formula is C23H28BrN3O. The number of imidazole rings is 1. The summed E-state index contributed by atoms with van der Waals surface area (Å²) in [5.74, 6) is 0.837. The molecule has 1 amide bonds. The first kappa shape index (κ1) is 20.6. The molecule has 0 bridgehead atoms. The Kier molecular flexibility index (Phi) is 7.26. The molecule has 148 valence electrons. The van der Waals surface area contributed by atoms with E-state index < -0.39 is 0 Å². The molecule has 1 atom stereocenters. The fourth-order valence-corrected chi connectivity index (χ4v) is 3.74. The Labute approximate surface area is 175 Å². The highest BCUT2D eigenvalue weighted by Crippen LogP contribution is 2.22. The SMILES string of the molecule is CCCCCCCn1c(C(C)NC(=O)c2ccc(Br)cc2)nc2ccccc21. The van der Waals surface area contributed by atoms with Crippen LogP contribution in [0.25, 0.3) is 11.0 Å². The van der Waals surface area contributed by atoms with E-state index in [1.165, 1.54) is 25.7 Å². The van der Waals surface area contributed by atoms with Crippen molar-refractivity contribution in [3.8, 4) is 0 Å². The molecule has 1 unspecified atom stereocenters. The number of halogens is 1. The summed E-state index contributed by atoms with van der Waals surface area (Å²) in [5, 5.41) is 3.11. The summed E-state index contributed by atoms with van der Waals surface area (Å²) in [4.78, 5) is 17.5. The third-order valence-corrected chi connectivity index (χ3v) is 5.54. The van der Waals surface area contributed by atoms with Crippen molar-refractivity contribution in [1.29, 1.82) is 0 Å². The molecule has 3 aromatic rings. The van der Waals surface area contributed by atoms with Crippen LogP contribution in [-0.2, 0) is 6.54 Å². The van der Waals surface area contributed by atoms with Gasteiger partial charge in [-0.25, -0.2) is 4.98 Å². The van der Waals surface area contributed by atoms with Crippen LogP contribution in [0.4, 0.5) is 0 Å². The summed E-state index contributed by atoms with van der Waals surface area (Å²) in [7, 11) is 0. The van der Waals surface area contributed by atoms with Crippen LogP contribution in [0.2, 0.25) is 0 Å². The standard InChI is InChI=1S/C23H28BrN3O/c1-3-4-5-6-9-16-27-21-11-8-7-10-20(21)26-22(27)17(2)25-23(28)18-12-14-19(24)15-13-18/h7-8,10-15,17H,3-6,9,16H2,1-2H3,(H,25,28). The van der Waals surface area contributed by atoms with Crippen molar-refractivity contribution < 1.29 is 4.79 Å². The molecule has 2 aromatic carbocycles. The maximum Gasteiger partial charge on any atom is 0.251 e. The molecule has 0 aliphatic carbocycles. The van der Waals surface area contributed by atoms with E-state index in [1.807, 2.05) is 49.4 Å². The van der Waals surface area contributed by atoms with E-state index in [0.717, 1.165) is 34.3 Å². The quantitative estimate of drug-likeness (QED) is 0.398. The molecule has 0 saturated carbocycles. The molecule has 0 spiro atoms. The number of hydrogen-bond acceptors (Lipinski definition) is 2. The van der Waals surface area contributed by atoms with Crippen molar-refractivity contribution >= 4 is 32.9 Å². The number of aromatic nitrogens is 2. The molecule has 0 radical (unpaired) electrons. The molecule has 0 saturated heterocycles. The Balaban J connectivity index is 1.77. The zero-order chi connectivity index (χ0) is 19.9. The average molecular weight is 442 g/mol. The van der Waals surface area contributed by atoms with Crippen LogP contribution in [0.5, 0.6) is 0 Å². The van der Waals surface area contributed by atoms with Crippen LogP contribution >= 0.6 is 15.9 Å². The molecule has 1 heterocycles. The lowest BCUT2D eigenvalue weighted by Crippen LogP contribution is -2.28. The smallest absolute Gasteiger partial charge is 0.251 e. The average Bonchev–Trinajstić information content (AvgIpc) is 3.07. The monoisotopic (exact) mass is 441 g/mol. The number of carbonyl (C=O) groups is 1. The third-order valence-electron chi connectivity index (χ3n) is 5.01. The van der Waals surface area contributed by atoms with Crippen molar-refractivity contribution in [2.75, 3.05) is 0 Å². The number of fused-ring (bicyclic) bond motifs is 1. The van der Waals surface area contributed by atoms with Gasteiger partial charge in [-0.15, -0.1) is 0 Å². The first-order chi connectivity index (χ1) is 13.6. The number of rotatable bonds is 9. The van der Waals surface area contributed by atoms with Crippen molar-refractivity contribution in [3.63, 3.8) is 0 Å². The predicted octanol–water partition coefficient (Wildman–Crippen LogP) is 6.26. The largest absolute Gasteiger partial charge is 0.342 e. The molecule has 0 fully saturated rings. The molecule has 0 aliphatic rings. The van der Waals surface area contributed by atoms with Gasteiger partial charge in [0.1, 0.15) is 5.82 Å². The number of nitrogens with one attached hydrogen (secondary N) is 1. The highest BCUT2D eigenvalue weighted by Gasteiger charge is 2.18. The topological polar surface area (TPSA) is 46.9 Å². The predicted molar refractivity (Wildman–Crippen MR) is 119 cm³/mol. The van der Waals surface area contributed by atoms with Gasteiger partial charge in [0.25, 0.3) is 5.91 Å². The zero-order valence-corrected chi connectivity index (χ0v) is 18.2. The summed E-state index contributed by atoms with van der Waals surface area (Å²) in [6.45, 7) is 5.17. The Morgan fingerprint density at radius 2 is 1.79 bits per heavy atom. The minimum atomic E-state index is -0.167. The fourth-order valence-electron chi connectivity index (χ4n) is 3.48. The lowest BCUT2D eigenvalue weighted by Gasteiger charge is -2.16. The van der Waals surface area contributed by atoms with Gasteiger partial charge in [0.15, 0.2) is 0 Å². The van der Waals surface area contributed by atoms with Crippen LogP contribution in [0.3, 0.4) is 0 Å². The van der Waals surface area contributed by atoms with Gasteiger partial charge in [-0.3, -0.25) is 4.79 Å². The van der Waals surface area contributed by atoms with Gasteiger partial charge in [-0.05, 0) is 49.7 Å². The molecule has 5 heteroatoms. The van der Waals surface area contributed by atoms with Gasteiger partial charge < -0.3 is 9.88 Å². The number of carbonyl (C=O) groups excluding carboxylic acids is 1. The molecule has 1 N–H and O–H groups in total. The molecule has 1 aromatic heterocycles. The van der Waals surface area contributed by atoms with Gasteiger partial charge in [0.2, 0.25) is 0 Å². The van der Waals surface area contributed by atoms with Crippen molar-refractivity contribution in [2.24, 2.45) is 0 Å². The highest BCUT2D eigenvalue weighted by atomic mass is 79.9. The second-order valence-electron chi connectivity index (χ2n) is 7.23. The van der Waals surface area contributed by atoms with E-state index in [2.05, 4.69) is 38.8 Å². The van der Waals surface area contributed by atoms with Gasteiger partial charge in [0, 0.05) is 16.6 Å². The Morgan fingerprint density at radius 1 is 1.07 bits per heavy atom. The van der Waals surface area contributed by atoms with E-state index in [1.54, 1.807) is 0 Å². The number of nitrogens with zero attached hydrogens (tertiary/aromatic N) is 2. The van der Waals surface area contributed by atoms with Gasteiger partial charge in [-0.2, -0.15) is 0 Å². The fraction of sp³-hybridized carbons (Fsp3) is 0.391. The van der Waals surface area contributed by atoms with Crippen LogP contribution in [0.15, 0.2) is 53.0 Å². The van der Waals surface area contributed by atoms with Gasteiger partial charge >= 0.3 is 0 Å². The third kappa shape index (κ3) is 5.02. The maximum absolute atomic E-state index is 12.6. The second-order valence-corrected chi connectivity index (χ2v) is 8.14. The maximum atomic E-state index is 12.6. The van der Waals surface area contributed by atoms with E-state index in [9.17, 15) is 4.79 Å². The number of benzene rings is 2. The first-order valence-electron chi connectivity index (χ1n) is 10.1. The second kappa shape index (κ2) is 9.87. The van der Waals surface area contributed by atoms with E-state index in [0.29, 0.717) is 5.56 Å². The number of unbranched alkanes of at least 4 members (excludes halogenated alkanes) is 4. The summed E-state index contributed by atoms with van der Waals surface area (Å²) in [6, 6.07) is 15.4. The van der Waals surface area contributed by atoms with Crippen LogP contribution in [-0.4, -0.2) is 15.5 Å². The molecular weight excluding hydrogens is 414 g/mol. The highest BCUT2D eigenvalue weighted by molar-refractivity contribution is 9.10. The minimum absolute atomic E-state index is 0.0819. The normalized spacial score (nSPS) is 12.2. The Morgan fingerprint density at radius 3 is 2.54 bits per heavy atom. The zero-order valence-electron chi connectivity index (χ0n) is 16.6. The van der Waals surface area contributed by atoms with Crippen molar-refractivity contribution in [1.82, 2.24) is 14.9 Å². The summed E-state index contributed by atoms with van der Waals surface area (Å²) >= 11 is 3.41. The lowest BCUT2D eigenvalue weighted by atomic mass is 10.1.